The number of rotatable bonds is 9. The van der Waals surface area contributed by atoms with Gasteiger partial charge in [0.15, 0.2) is 0 Å². The molecule has 0 saturated carbocycles. The monoisotopic (exact) mass is 248 g/mol. The van der Waals surface area contributed by atoms with Crippen LogP contribution in [0.3, 0.4) is 0 Å². The van der Waals surface area contributed by atoms with Crippen molar-refractivity contribution in [1.29, 1.82) is 0 Å². The Morgan fingerprint density at radius 2 is 1.56 bits per heavy atom. The number of unbranched alkanes of at least 4 members (excludes halogenated alkanes) is 6. The predicted octanol–water partition coefficient (Wildman–Crippen LogP) is 4.46. The zero-order valence-electron chi connectivity index (χ0n) is 12.0. The number of hydrogen-bond donors (Lipinski definition) is 1. The molecule has 1 aromatic rings. The molecule has 0 spiro atoms. The molecule has 0 radical (unpaired) electrons. The van der Waals surface area contributed by atoms with Gasteiger partial charge in [0.1, 0.15) is 0 Å². The number of nitrogens with two attached hydrogens (primary N) is 1. The second kappa shape index (κ2) is 8.84. The van der Waals surface area contributed by atoms with Crippen molar-refractivity contribution in [3.8, 4) is 0 Å². The Balaban J connectivity index is 2.14. The van der Waals surface area contributed by atoms with E-state index in [1.807, 2.05) is 18.2 Å². The number of anilines is 2. The van der Waals surface area contributed by atoms with Crippen LogP contribution in [0, 0.1) is 0 Å². The SMILES string of the molecule is CCCCCCCCCN(C)c1ccccc1N. The van der Waals surface area contributed by atoms with Gasteiger partial charge in [0.05, 0.1) is 11.4 Å². The summed E-state index contributed by atoms with van der Waals surface area (Å²) < 4.78 is 0. The lowest BCUT2D eigenvalue weighted by Crippen LogP contribution is -2.19. The predicted molar refractivity (Wildman–Crippen MR) is 82.1 cm³/mol. The van der Waals surface area contributed by atoms with E-state index in [1.165, 1.54) is 44.9 Å². The molecule has 0 atom stereocenters. The van der Waals surface area contributed by atoms with E-state index in [0.717, 1.165) is 17.9 Å². The van der Waals surface area contributed by atoms with E-state index in [2.05, 4.69) is 24.9 Å². The molecule has 0 aliphatic heterocycles. The Labute approximate surface area is 112 Å². The van der Waals surface area contributed by atoms with Crippen LogP contribution in [0.1, 0.15) is 51.9 Å². The topological polar surface area (TPSA) is 29.3 Å². The molecule has 0 aliphatic rings. The summed E-state index contributed by atoms with van der Waals surface area (Å²) in [5.41, 5.74) is 8.00. The normalized spacial score (nSPS) is 10.6. The van der Waals surface area contributed by atoms with Gasteiger partial charge in [0.2, 0.25) is 0 Å². The molecule has 0 aromatic heterocycles. The molecule has 18 heavy (non-hydrogen) atoms. The van der Waals surface area contributed by atoms with Crippen LogP contribution in [0.2, 0.25) is 0 Å². The van der Waals surface area contributed by atoms with Gasteiger partial charge in [-0.25, -0.2) is 0 Å². The molecule has 1 rings (SSSR count). The summed E-state index contributed by atoms with van der Waals surface area (Å²) in [6.45, 7) is 3.36. The zero-order valence-corrected chi connectivity index (χ0v) is 12.0. The third-order valence-electron chi connectivity index (χ3n) is 3.45. The number of benzene rings is 1. The Kier molecular flexibility index (Phi) is 7.31. The fourth-order valence-corrected chi connectivity index (χ4v) is 2.26. The van der Waals surface area contributed by atoms with E-state index >= 15 is 0 Å². The Morgan fingerprint density at radius 1 is 0.944 bits per heavy atom. The summed E-state index contributed by atoms with van der Waals surface area (Å²) in [6, 6.07) is 8.10. The lowest BCUT2D eigenvalue weighted by atomic mass is 10.1. The number of nitrogens with zero attached hydrogens (tertiary/aromatic N) is 1. The highest BCUT2D eigenvalue weighted by atomic mass is 15.1. The first kappa shape index (κ1) is 14.9. The molecular formula is C16H28N2. The third kappa shape index (κ3) is 5.44. The Morgan fingerprint density at radius 3 is 2.22 bits per heavy atom. The highest BCUT2D eigenvalue weighted by Crippen LogP contribution is 2.21. The second-order valence-corrected chi connectivity index (χ2v) is 5.10. The summed E-state index contributed by atoms with van der Waals surface area (Å²) in [5.74, 6) is 0. The van der Waals surface area contributed by atoms with Gasteiger partial charge in [0, 0.05) is 13.6 Å². The Hall–Kier alpha value is -1.18. The molecule has 0 saturated heterocycles. The largest absolute Gasteiger partial charge is 0.397 e. The molecule has 0 unspecified atom stereocenters. The molecule has 2 heteroatoms. The van der Waals surface area contributed by atoms with Gasteiger partial charge in [-0.05, 0) is 18.6 Å². The number of nitrogen functional groups attached to an aromatic ring is 1. The van der Waals surface area contributed by atoms with Crippen molar-refractivity contribution >= 4 is 11.4 Å². The van der Waals surface area contributed by atoms with E-state index in [0.29, 0.717) is 0 Å². The molecule has 102 valence electrons. The molecule has 0 fully saturated rings. The summed E-state index contributed by atoms with van der Waals surface area (Å²) in [7, 11) is 2.13. The van der Waals surface area contributed by atoms with Crippen molar-refractivity contribution in [2.45, 2.75) is 51.9 Å². The van der Waals surface area contributed by atoms with E-state index in [-0.39, 0.29) is 0 Å². The van der Waals surface area contributed by atoms with Crippen molar-refractivity contribution in [2.24, 2.45) is 0 Å². The maximum Gasteiger partial charge on any atom is 0.0597 e. The van der Waals surface area contributed by atoms with Crippen molar-refractivity contribution < 1.29 is 0 Å². The summed E-state index contributed by atoms with van der Waals surface area (Å²) in [6.07, 6.45) is 9.48. The molecule has 0 aliphatic carbocycles. The maximum atomic E-state index is 5.97. The first-order valence-electron chi connectivity index (χ1n) is 7.31. The highest BCUT2D eigenvalue weighted by Gasteiger charge is 2.03. The molecule has 1 aromatic carbocycles. The van der Waals surface area contributed by atoms with E-state index in [9.17, 15) is 0 Å². The smallest absolute Gasteiger partial charge is 0.0597 e. The minimum atomic E-state index is 0.878. The van der Waals surface area contributed by atoms with Crippen LogP contribution in [0.25, 0.3) is 0 Å². The van der Waals surface area contributed by atoms with Crippen molar-refractivity contribution in [3.05, 3.63) is 24.3 Å². The van der Waals surface area contributed by atoms with Gasteiger partial charge in [-0.2, -0.15) is 0 Å². The maximum absolute atomic E-state index is 5.97. The summed E-state index contributed by atoms with van der Waals surface area (Å²) >= 11 is 0. The van der Waals surface area contributed by atoms with Crippen molar-refractivity contribution in [1.82, 2.24) is 0 Å². The molecule has 0 heterocycles. The first-order valence-corrected chi connectivity index (χ1v) is 7.31. The molecular weight excluding hydrogens is 220 g/mol. The minimum absolute atomic E-state index is 0.878. The van der Waals surface area contributed by atoms with Crippen molar-refractivity contribution in [3.63, 3.8) is 0 Å². The lowest BCUT2D eigenvalue weighted by molar-refractivity contribution is 0.589. The van der Waals surface area contributed by atoms with Crippen LogP contribution in [0.5, 0.6) is 0 Å². The lowest BCUT2D eigenvalue weighted by Gasteiger charge is -2.20. The molecule has 2 N–H and O–H groups in total. The average Bonchev–Trinajstić information content (AvgIpc) is 2.38. The number of hydrogen-bond acceptors (Lipinski definition) is 2. The van der Waals surface area contributed by atoms with Gasteiger partial charge in [0.25, 0.3) is 0 Å². The minimum Gasteiger partial charge on any atom is -0.397 e. The average molecular weight is 248 g/mol. The van der Waals surface area contributed by atoms with Crippen molar-refractivity contribution in [2.75, 3.05) is 24.2 Å². The fourth-order valence-electron chi connectivity index (χ4n) is 2.26. The molecule has 0 bridgehead atoms. The van der Waals surface area contributed by atoms with Crippen LogP contribution in [0.15, 0.2) is 24.3 Å². The van der Waals surface area contributed by atoms with Crippen LogP contribution >= 0.6 is 0 Å². The van der Waals surface area contributed by atoms with E-state index in [4.69, 9.17) is 5.73 Å². The van der Waals surface area contributed by atoms with Gasteiger partial charge in [-0.15, -0.1) is 0 Å². The highest BCUT2D eigenvalue weighted by molar-refractivity contribution is 5.66. The summed E-state index contributed by atoms with van der Waals surface area (Å²) in [4.78, 5) is 2.27. The number of para-hydroxylation sites is 2. The van der Waals surface area contributed by atoms with Crippen LogP contribution in [-0.2, 0) is 0 Å². The quantitative estimate of drug-likeness (QED) is 0.516. The Bertz CT molecular complexity index is 323. The summed E-state index contributed by atoms with van der Waals surface area (Å²) in [5, 5.41) is 0. The standard InChI is InChI=1S/C16H28N2/c1-3-4-5-6-7-8-11-14-18(2)16-13-10-9-12-15(16)17/h9-10,12-13H,3-8,11,14,17H2,1-2H3. The van der Waals surface area contributed by atoms with Gasteiger partial charge >= 0.3 is 0 Å². The van der Waals surface area contributed by atoms with Gasteiger partial charge in [-0.3, -0.25) is 0 Å². The van der Waals surface area contributed by atoms with Gasteiger partial charge < -0.3 is 10.6 Å². The molecule has 2 nitrogen and oxygen atoms in total. The van der Waals surface area contributed by atoms with Gasteiger partial charge in [-0.1, -0.05) is 57.6 Å². The second-order valence-electron chi connectivity index (χ2n) is 5.10. The molecule has 0 amide bonds. The third-order valence-corrected chi connectivity index (χ3v) is 3.45. The van der Waals surface area contributed by atoms with E-state index < -0.39 is 0 Å². The van der Waals surface area contributed by atoms with Crippen LogP contribution in [-0.4, -0.2) is 13.6 Å². The van der Waals surface area contributed by atoms with E-state index in [1.54, 1.807) is 0 Å². The zero-order chi connectivity index (χ0) is 13.2. The van der Waals surface area contributed by atoms with Crippen LogP contribution < -0.4 is 10.6 Å². The first-order chi connectivity index (χ1) is 8.75. The van der Waals surface area contributed by atoms with Crippen LogP contribution in [0.4, 0.5) is 11.4 Å². The fraction of sp³-hybridized carbons (Fsp3) is 0.625.